The molecular weight excluding hydrogens is 196 g/mol. The summed E-state index contributed by atoms with van der Waals surface area (Å²) >= 11 is 0. The predicted octanol–water partition coefficient (Wildman–Crippen LogP) is -0.0773. The van der Waals surface area contributed by atoms with Crippen LogP contribution in [0.3, 0.4) is 0 Å². The Kier molecular flexibility index (Phi) is 2.93. The maximum absolute atomic E-state index is 11.7. The van der Waals surface area contributed by atoms with Gasteiger partial charge in [-0.1, -0.05) is 13.8 Å². The summed E-state index contributed by atoms with van der Waals surface area (Å²) in [6.45, 7) is 3.45. The number of hydrogen-bond acceptors (Lipinski definition) is 3. The number of carbonyl (C=O) groups is 1. The highest BCUT2D eigenvalue weighted by Gasteiger charge is 2.16. The van der Waals surface area contributed by atoms with E-state index < -0.39 is 11.2 Å². The zero-order valence-corrected chi connectivity index (χ0v) is 9.27. The highest BCUT2D eigenvalue weighted by Crippen LogP contribution is 2.03. The Morgan fingerprint density at radius 1 is 1.20 bits per heavy atom. The zero-order valence-electron chi connectivity index (χ0n) is 9.27. The molecule has 0 aliphatic carbocycles. The third kappa shape index (κ3) is 1.91. The molecule has 0 amide bonds. The van der Waals surface area contributed by atoms with E-state index in [0.29, 0.717) is 0 Å². The van der Waals surface area contributed by atoms with Gasteiger partial charge in [0.1, 0.15) is 0 Å². The first-order valence-corrected chi connectivity index (χ1v) is 4.67. The van der Waals surface area contributed by atoms with Crippen LogP contribution in [0.25, 0.3) is 0 Å². The molecule has 5 heteroatoms. The second kappa shape index (κ2) is 3.84. The van der Waals surface area contributed by atoms with Gasteiger partial charge in [-0.05, 0) is 0 Å². The fourth-order valence-electron chi connectivity index (χ4n) is 1.27. The summed E-state index contributed by atoms with van der Waals surface area (Å²) in [5.74, 6) is -0.435. The molecule has 1 heterocycles. The summed E-state index contributed by atoms with van der Waals surface area (Å²) in [6.07, 6.45) is 0. The van der Waals surface area contributed by atoms with Gasteiger partial charge in [-0.3, -0.25) is 18.7 Å². The minimum Gasteiger partial charge on any atom is -0.293 e. The average molecular weight is 210 g/mol. The minimum absolute atomic E-state index is 0.165. The van der Waals surface area contributed by atoms with Crippen molar-refractivity contribution in [1.82, 2.24) is 9.13 Å². The zero-order chi connectivity index (χ0) is 11.7. The first-order valence-electron chi connectivity index (χ1n) is 4.67. The molecule has 0 aliphatic rings. The first-order chi connectivity index (χ1) is 6.86. The van der Waals surface area contributed by atoms with Crippen LogP contribution in [0.4, 0.5) is 0 Å². The number of Topliss-reactive ketones (excluding diaryl/α,β-unsaturated/α-hetero) is 1. The van der Waals surface area contributed by atoms with Gasteiger partial charge in [0.2, 0.25) is 0 Å². The molecule has 0 saturated carbocycles. The van der Waals surface area contributed by atoms with E-state index in [-0.39, 0.29) is 17.4 Å². The van der Waals surface area contributed by atoms with Gasteiger partial charge in [0.15, 0.2) is 5.78 Å². The average Bonchev–Trinajstić information content (AvgIpc) is 2.19. The Hall–Kier alpha value is -1.65. The monoisotopic (exact) mass is 210 g/mol. The van der Waals surface area contributed by atoms with Gasteiger partial charge in [0.05, 0.1) is 5.69 Å². The minimum atomic E-state index is -0.480. The van der Waals surface area contributed by atoms with Crippen molar-refractivity contribution in [3.8, 4) is 0 Å². The smallest absolute Gasteiger partial charge is 0.293 e. The number of carbonyl (C=O) groups excluding carboxylic acids is 1. The second-order valence-corrected chi connectivity index (χ2v) is 3.79. The molecule has 1 aromatic heterocycles. The van der Waals surface area contributed by atoms with Crippen molar-refractivity contribution in [1.29, 1.82) is 0 Å². The van der Waals surface area contributed by atoms with E-state index in [1.54, 1.807) is 13.8 Å². The molecule has 0 atom stereocenters. The van der Waals surface area contributed by atoms with Crippen molar-refractivity contribution in [3.63, 3.8) is 0 Å². The molecule has 0 bridgehead atoms. The first kappa shape index (κ1) is 11.4. The van der Waals surface area contributed by atoms with Crippen molar-refractivity contribution in [2.24, 2.45) is 20.0 Å². The number of ketones is 1. The molecular formula is C10H14N2O3. The molecule has 0 saturated heterocycles. The van der Waals surface area contributed by atoms with E-state index in [9.17, 15) is 14.4 Å². The molecule has 15 heavy (non-hydrogen) atoms. The molecule has 0 aromatic carbocycles. The van der Waals surface area contributed by atoms with Gasteiger partial charge in [0, 0.05) is 26.1 Å². The van der Waals surface area contributed by atoms with E-state index in [4.69, 9.17) is 0 Å². The molecule has 1 aromatic rings. The van der Waals surface area contributed by atoms with Crippen LogP contribution in [-0.4, -0.2) is 14.9 Å². The Morgan fingerprint density at radius 2 is 1.73 bits per heavy atom. The van der Waals surface area contributed by atoms with Crippen molar-refractivity contribution >= 4 is 5.78 Å². The highest BCUT2D eigenvalue weighted by atomic mass is 16.2. The molecule has 0 fully saturated rings. The van der Waals surface area contributed by atoms with Crippen molar-refractivity contribution in [2.75, 3.05) is 0 Å². The third-order valence-electron chi connectivity index (χ3n) is 2.30. The molecule has 0 N–H and O–H groups in total. The number of aromatic nitrogens is 2. The van der Waals surface area contributed by atoms with E-state index in [0.717, 1.165) is 4.57 Å². The highest BCUT2D eigenvalue weighted by molar-refractivity contribution is 5.95. The Morgan fingerprint density at radius 3 is 2.20 bits per heavy atom. The summed E-state index contributed by atoms with van der Waals surface area (Å²) in [4.78, 5) is 34.5. The van der Waals surface area contributed by atoms with E-state index in [1.807, 2.05) is 0 Å². The van der Waals surface area contributed by atoms with Crippen LogP contribution in [-0.2, 0) is 14.1 Å². The number of nitrogens with zero attached hydrogens (tertiary/aromatic N) is 2. The quantitative estimate of drug-likeness (QED) is 0.641. The van der Waals surface area contributed by atoms with Gasteiger partial charge in [0.25, 0.3) is 5.56 Å². The van der Waals surface area contributed by atoms with Gasteiger partial charge in [-0.15, -0.1) is 0 Å². The van der Waals surface area contributed by atoms with Crippen LogP contribution in [0.15, 0.2) is 15.7 Å². The molecule has 5 nitrogen and oxygen atoms in total. The van der Waals surface area contributed by atoms with E-state index in [2.05, 4.69) is 0 Å². The maximum atomic E-state index is 11.7. The number of hydrogen-bond donors (Lipinski definition) is 0. The normalized spacial score (nSPS) is 10.7. The van der Waals surface area contributed by atoms with Crippen LogP contribution >= 0.6 is 0 Å². The lowest BCUT2D eigenvalue weighted by Crippen LogP contribution is -2.39. The van der Waals surface area contributed by atoms with Crippen LogP contribution in [0.5, 0.6) is 0 Å². The van der Waals surface area contributed by atoms with Gasteiger partial charge in [-0.25, -0.2) is 4.79 Å². The molecule has 0 spiro atoms. The Balaban J connectivity index is 3.53. The van der Waals surface area contributed by atoms with Gasteiger partial charge < -0.3 is 0 Å². The Bertz CT molecular complexity index is 508. The lowest BCUT2D eigenvalue weighted by molar-refractivity contribution is 0.0929. The molecule has 1 rings (SSSR count). The van der Waals surface area contributed by atoms with Crippen LogP contribution in [0.2, 0.25) is 0 Å². The summed E-state index contributed by atoms with van der Waals surface area (Å²) in [5, 5.41) is 0. The van der Waals surface area contributed by atoms with Crippen LogP contribution < -0.4 is 11.2 Å². The lowest BCUT2D eigenvalue weighted by Gasteiger charge is -2.09. The van der Waals surface area contributed by atoms with E-state index in [1.165, 1.54) is 24.7 Å². The topological polar surface area (TPSA) is 61.1 Å². The SMILES string of the molecule is CC(C)C(=O)c1cc(=O)n(C)c(=O)n1C. The van der Waals surface area contributed by atoms with Gasteiger partial charge in [-0.2, -0.15) is 0 Å². The fraction of sp³-hybridized carbons (Fsp3) is 0.500. The second-order valence-electron chi connectivity index (χ2n) is 3.79. The van der Waals surface area contributed by atoms with Crippen molar-refractivity contribution in [3.05, 3.63) is 32.6 Å². The fourth-order valence-corrected chi connectivity index (χ4v) is 1.27. The van der Waals surface area contributed by atoms with E-state index >= 15 is 0 Å². The third-order valence-corrected chi connectivity index (χ3v) is 2.30. The summed E-state index contributed by atoms with van der Waals surface area (Å²) in [7, 11) is 2.87. The molecule has 0 unspecified atom stereocenters. The Labute approximate surface area is 87.0 Å². The predicted molar refractivity (Wildman–Crippen MR) is 56.1 cm³/mol. The standard InChI is InChI=1S/C10H14N2O3/c1-6(2)9(14)7-5-8(13)12(4)10(15)11(7)3/h5-6H,1-4H3. The van der Waals surface area contributed by atoms with Crippen molar-refractivity contribution < 1.29 is 4.79 Å². The molecule has 82 valence electrons. The van der Waals surface area contributed by atoms with Crippen molar-refractivity contribution in [2.45, 2.75) is 13.8 Å². The lowest BCUT2D eigenvalue weighted by atomic mass is 10.1. The largest absolute Gasteiger partial charge is 0.331 e. The molecule has 0 radical (unpaired) electrons. The maximum Gasteiger partial charge on any atom is 0.331 e. The summed E-state index contributed by atoms with van der Waals surface area (Å²) in [6, 6.07) is 1.20. The molecule has 0 aliphatic heterocycles. The summed E-state index contributed by atoms with van der Waals surface area (Å²) < 4.78 is 2.17. The summed E-state index contributed by atoms with van der Waals surface area (Å²) in [5.41, 5.74) is -0.772. The van der Waals surface area contributed by atoms with Crippen LogP contribution in [0, 0.1) is 5.92 Å². The van der Waals surface area contributed by atoms with Gasteiger partial charge >= 0.3 is 5.69 Å². The van der Waals surface area contributed by atoms with Crippen LogP contribution in [0.1, 0.15) is 24.3 Å². The number of rotatable bonds is 2.